The molecule has 2 N–H and O–H groups in total. The van der Waals surface area contributed by atoms with E-state index in [0.29, 0.717) is 0 Å². The Bertz CT molecular complexity index is 300. The van der Waals surface area contributed by atoms with Gasteiger partial charge in [0.25, 0.3) is 5.92 Å². The average Bonchev–Trinajstić information content (AvgIpc) is 2.24. The zero-order valence-electron chi connectivity index (χ0n) is 9.58. The van der Waals surface area contributed by atoms with Crippen LogP contribution in [0.2, 0.25) is 0 Å². The molecule has 1 heterocycles. The summed E-state index contributed by atoms with van der Waals surface area (Å²) in [5.74, 6) is -4.23. The van der Waals surface area contributed by atoms with Gasteiger partial charge < -0.3 is 15.3 Å². The summed E-state index contributed by atoms with van der Waals surface area (Å²) in [7, 11) is 1.48. The molecule has 1 saturated heterocycles. The molecule has 1 aliphatic heterocycles. The number of rotatable bonds is 4. The summed E-state index contributed by atoms with van der Waals surface area (Å²) in [5, 5.41) is 11.2. The normalized spacial score (nSPS) is 21.0. The number of hydrogen-bond acceptors (Lipinski definition) is 3. The molecule has 0 spiro atoms. The molecule has 0 aromatic heterocycles. The van der Waals surface area contributed by atoms with E-state index < -0.39 is 23.8 Å². The third kappa shape index (κ3) is 3.92. The molecule has 1 aliphatic rings. The highest BCUT2D eigenvalue weighted by Gasteiger charge is 2.37. The maximum atomic E-state index is 12.9. The van der Waals surface area contributed by atoms with Crippen molar-refractivity contribution in [2.24, 2.45) is 0 Å². The van der Waals surface area contributed by atoms with Gasteiger partial charge in [0, 0.05) is 25.9 Å². The van der Waals surface area contributed by atoms with E-state index in [0.717, 1.165) is 0 Å². The van der Waals surface area contributed by atoms with Gasteiger partial charge >= 0.3 is 5.97 Å². The average molecular weight is 250 g/mol. The van der Waals surface area contributed by atoms with E-state index in [9.17, 15) is 18.4 Å². The van der Waals surface area contributed by atoms with Crippen LogP contribution in [0.3, 0.4) is 0 Å². The minimum atomic E-state index is -2.71. The first kappa shape index (κ1) is 13.8. The summed E-state index contributed by atoms with van der Waals surface area (Å²) in [4.78, 5) is 23.7. The van der Waals surface area contributed by atoms with E-state index in [1.54, 1.807) is 0 Å². The third-order valence-electron chi connectivity index (χ3n) is 2.83. The third-order valence-corrected chi connectivity index (χ3v) is 2.83. The van der Waals surface area contributed by atoms with Crippen LogP contribution in [0.15, 0.2) is 0 Å². The molecular formula is C10H16F2N2O3. The monoisotopic (exact) mass is 250 g/mol. The molecule has 5 nitrogen and oxygen atoms in total. The van der Waals surface area contributed by atoms with Crippen LogP contribution in [-0.4, -0.2) is 54.0 Å². The van der Waals surface area contributed by atoms with Crippen LogP contribution in [0.4, 0.5) is 8.78 Å². The summed E-state index contributed by atoms with van der Waals surface area (Å²) in [6, 6.07) is -0.848. The van der Waals surface area contributed by atoms with Crippen LogP contribution in [0.25, 0.3) is 0 Å². The first-order chi connectivity index (χ1) is 7.85. The van der Waals surface area contributed by atoms with Crippen molar-refractivity contribution < 1.29 is 23.5 Å². The molecule has 1 amide bonds. The van der Waals surface area contributed by atoms with Gasteiger partial charge in [0.15, 0.2) is 0 Å². The molecule has 0 aromatic rings. The molecule has 0 aliphatic carbocycles. The number of carboxylic acid groups (broad SMARTS) is 1. The van der Waals surface area contributed by atoms with Gasteiger partial charge in [-0.25, -0.2) is 8.78 Å². The van der Waals surface area contributed by atoms with Crippen molar-refractivity contribution in [2.45, 2.75) is 31.2 Å². The van der Waals surface area contributed by atoms with Crippen molar-refractivity contribution in [1.82, 2.24) is 10.2 Å². The van der Waals surface area contributed by atoms with Crippen LogP contribution in [0, 0.1) is 0 Å². The van der Waals surface area contributed by atoms with Gasteiger partial charge in [-0.3, -0.25) is 9.59 Å². The standard InChI is InChI=1S/C10H16F2N2O3/c1-13-7(6-8(15)16)9(17)14-4-2-10(11,12)3-5-14/h7,13H,2-6H2,1H3,(H,15,16). The Hall–Kier alpha value is -1.24. The number of halogens is 2. The molecule has 0 radical (unpaired) electrons. The predicted molar refractivity (Wildman–Crippen MR) is 55.9 cm³/mol. The van der Waals surface area contributed by atoms with Gasteiger partial charge in [0.05, 0.1) is 12.5 Å². The second-order valence-corrected chi connectivity index (χ2v) is 4.12. The van der Waals surface area contributed by atoms with Crippen molar-refractivity contribution in [1.29, 1.82) is 0 Å². The van der Waals surface area contributed by atoms with E-state index >= 15 is 0 Å². The van der Waals surface area contributed by atoms with Crippen LogP contribution < -0.4 is 5.32 Å². The topological polar surface area (TPSA) is 69.6 Å². The SMILES string of the molecule is CNC(CC(=O)O)C(=O)N1CCC(F)(F)CC1. The fraction of sp³-hybridized carbons (Fsp3) is 0.800. The van der Waals surface area contributed by atoms with E-state index in [2.05, 4.69) is 5.32 Å². The number of piperidine rings is 1. The van der Waals surface area contributed by atoms with Crippen molar-refractivity contribution in [3.63, 3.8) is 0 Å². The second-order valence-electron chi connectivity index (χ2n) is 4.12. The highest BCUT2D eigenvalue weighted by atomic mass is 19.3. The molecule has 0 aromatic carbocycles. The molecular weight excluding hydrogens is 234 g/mol. The lowest BCUT2D eigenvalue weighted by Crippen LogP contribution is -2.50. The van der Waals surface area contributed by atoms with Gasteiger partial charge in [0.1, 0.15) is 0 Å². The van der Waals surface area contributed by atoms with Gasteiger partial charge in [-0.1, -0.05) is 0 Å². The van der Waals surface area contributed by atoms with Crippen molar-refractivity contribution >= 4 is 11.9 Å². The second kappa shape index (κ2) is 5.39. The Morgan fingerprint density at radius 1 is 1.41 bits per heavy atom. The van der Waals surface area contributed by atoms with Crippen LogP contribution in [-0.2, 0) is 9.59 Å². The number of alkyl halides is 2. The number of aliphatic carboxylic acids is 1. The first-order valence-corrected chi connectivity index (χ1v) is 5.41. The minimum absolute atomic E-state index is 0.0242. The number of likely N-dealkylation sites (N-methyl/N-ethyl adjacent to an activating group) is 1. The van der Waals surface area contributed by atoms with Crippen molar-refractivity contribution in [2.75, 3.05) is 20.1 Å². The lowest BCUT2D eigenvalue weighted by molar-refractivity contribution is -0.145. The number of carbonyl (C=O) groups excluding carboxylic acids is 1. The Morgan fingerprint density at radius 3 is 2.35 bits per heavy atom. The number of nitrogens with zero attached hydrogens (tertiary/aromatic N) is 1. The van der Waals surface area contributed by atoms with E-state index in [-0.39, 0.29) is 32.4 Å². The molecule has 7 heteroatoms. The summed E-state index contributed by atoms with van der Waals surface area (Å²) in [6.07, 6.45) is -1.06. The van der Waals surface area contributed by atoms with Gasteiger partial charge in [0.2, 0.25) is 5.91 Å². The van der Waals surface area contributed by atoms with Crippen molar-refractivity contribution in [3.05, 3.63) is 0 Å². The first-order valence-electron chi connectivity index (χ1n) is 5.41. The predicted octanol–water partition coefficient (Wildman–Crippen LogP) is 0.307. The Morgan fingerprint density at radius 2 is 1.94 bits per heavy atom. The van der Waals surface area contributed by atoms with Gasteiger partial charge in [-0.15, -0.1) is 0 Å². The fourth-order valence-corrected chi connectivity index (χ4v) is 1.76. The van der Waals surface area contributed by atoms with E-state index in [1.807, 2.05) is 0 Å². The number of likely N-dealkylation sites (tertiary alicyclic amines) is 1. The quantitative estimate of drug-likeness (QED) is 0.753. The highest BCUT2D eigenvalue weighted by Crippen LogP contribution is 2.27. The molecule has 1 fully saturated rings. The number of hydrogen-bond donors (Lipinski definition) is 2. The van der Waals surface area contributed by atoms with Gasteiger partial charge in [-0.05, 0) is 7.05 Å². The largest absolute Gasteiger partial charge is 0.481 e. The molecule has 17 heavy (non-hydrogen) atoms. The summed E-state index contributed by atoms with van der Waals surface area (Å²) < 4.78 is 25.8. The number of carboxylic acids is 1. The fourth-order valence-electron chi connectivity index (χ4n) is 1.76. The maximum absolute atomic E-state index is 12.9. The molecule has 98 valence electrons. The van der Waals surface area contributed by atoms with Crippen LogP contribution in [0.1, 0.15) is 19.3 Å². The van der Waals surface area contributed by atoms with E-state index in [4.69, 9.17) is 5.11 Å². The van der Waals surface area contributed by atoms with Crippen LogP contribution in [0.5, 0.6) is 0 Å². The minimum Gasteiger partial charge on any atom is -0.481 e. The number of carbonyl (C=O) groups is 2. The smallest absolute Gasteiger partial charge is 0.305 e. The Balaban J connectivity index is 2.55. The Kier molecular flexibility index (Phi) is 4.39. The Labute approximate surface area is 97.8 Å². The zero-order chi connectivity index (χ0) is 13.1. The lowest BCUT2D eigenvalue weighted by atomic mass is 10.1. The summed E-state index contributed by atoms with van der Waals surface area (Å²) >= 11 is 0. The molecule has 0 bridgehead atoms. The van der Waals surface area contributed by atoms with E-state index in [1.165, 1.54) is 11.9 Å². The highest BCUT2D eigenvalue weighted by molar-refractivity contribution is 5.86. The van der Waals surface area contributed by atoms with Crippen molar-refractivity contribution in [3.8, 4) is 0 Å². The van der Waals surface area contributed by atoms with Crippen LogP contribution >= 0.6 is 0 Å². The molecule has 1 rings (SSSR count). The number of amides is 1. The number of nitrogens with one attached hydrogen (secondary N) is 1. The molecule has 0 saturated carbocycles. The molecule has 1 unspecified atom stereocenters. The maximum Gasteiger partial charge on any atom is 0.305 e. The lowest BCUT2D eigenvalue weighted by Gasteiger charge is -2.33. The zero-order valence-corrected chi connectivity index (χ0v) is 9.58. The molecule has 1 atom stereocenters. The summed E-state index contributed by atoms with van der Waals surface area (Å²) in [5.41, 5.74) is 0. The van der Waals surface area contributed by atoms with Gasteiger partial charge in [-0.2, -0.15) is 0 Å². The summed E-state index contributed by atoms with van der Waals surface area (Å²) in [6.45, 7) is -0.0483.